The van der Waals surface area contributed by atoms with Gasteiger partial charge in [-0.25, -0.2) is 20.4 Å². The van der Waals surface area contributed by atoms with E-state index in [9.17, 15) is 20.8 Å². The third kappa shape index (κ3) is 4.57. The zero-order valence-electron chi connectivity index (χ0n) is 20.8. The first-order valence-electron chi connectivity index (χ1n) is 12.6. The van der Waals surface area contributed by atoms with Crippen molar-refractivity contribution >= 4 is 66.4 Å². The van der Waals surface area contributed by atoms with Gasteiger partial charge in [-0.2, -0.15) is 10.5 Å². The van der Waals surface area contributed by atoms with Crippen molar-refractivity contribution in [3.8, 4) is 0 Å². The summed E-state index contributed by atoms with van der Waals surface area (Å²) in [6, 6.07) is 25.6. The minimum atomic E-state index is -1.01. The third-order valence-electron chi connectivity index (χ3n) is 6.83. The van der Waals surface area contributed by atoms with E-state index in [0.29, 0.717) is 41.3 Å². The van der Waals surface area contributed by atoms with E-state index < -0.39 is 10.5 Å². The van der Waals surface area contributed by atoms with E-state index in [1.54, 1.807) is 24.3 Å². The highest BCUT2D eigenvalue weighted by atomic mass is 16.8. The van der Waals surface area contributed by atoms with Gasteiger partial charge in [0.2, 0.25) is 0 Å². The fraction of sp³-hybridized carbons (Fsp3) is 0.103. The second-order valence-electron chi connectivity index (χ2n) is 9.22. The van der Waals surface area contributed by atoms with Crippen LogP contribution in [0.4, 0.5) is 22.7 Å². The Kier molecular flexibility index (Phi) is 6.63. The summed E-state index contributed by atoms with van der Waals surface area (Å²) < 4.78 is 0. The highest BCUT2D eigenvalue weighted by Crippen LogP contribution is 2.35. The molecule has 0 spiro atoms. The van der Waals surface area contributed by atoms with E-state index in [1.807, 2.05) is 60.7 Å². The van der Waals surface area contributed by atoms with Crippen molar-refractivity contribution < 1.29 is 20.9 Å². The third-order valence-corrected chi connectivity index (χ3v) is 6.83. The zero-order valence-corrected chi connectivity index (χ0v) is 20.8. The van der Waals surface area contributed by atoms with Crippen LogP contribution in [0.1, 0.15) is 6.42 Å². The van der Waals surface area contributed by atoms with Crippen LogP contribution in [0.25, 0.3) is 43.6 Å². The van der Waals surface area contributed by atoms with Crippen LogP contribution in [0.3, 0.4) is 0 Å². The number of hydrogen-bond donors (Lipinski definition) is 6. The van der Waals surface area contributed by atoms with Gasteiger partial charge < -0.3 is 21.0 Å². The molecule has 0 aliphatic rings. The summed E-state index contributed by atoms with van der Waals surface area (Å²) in [6.07, 6.45) is 0.681. The van der Waals surface area contributed by atoms with Crippen molar-refractivity contribution in [2.24, 2.45) is 0 Å². The molecule has 6 rings (SSSR count). The van der Waals surface area contributed by atoms with E-state index in [1.165, 1.54) is 0 Å². The molecule has 2 heterocycles. The molecule has 0 saturated carbocycles. The molecule has 0 aliphatic carbocycles. The molecule has 2 unspecified atom stereocenters. The fourth-order valence-electron chi connectivity index (χ4n) is 5.12. The summed E-state index contributed by atoms with van der Waals surface area (Å²) in [5, 5.41) is 51.5. The fourth-order valence-corrected chi connectivity index (χ4v) is 5.12. The molecule has 39 heavy (non-hydrogen) atoms. The number of rotatable bonds is 8. The van der Waals surface area contributed by atoms with Gasteiger partial charge in [-0.05, 0) is 30.7 Å². The number of quaternary nitrogens is 2. The van der Waals surface area contributed by atoms with Crippen molar-refractivity contribution in [1.29, 1.82) is 0 Å². The molecule has 6 N–H and O–H groups in total. The second kappa shape index (κ2) is 10.4. The average molecular weight is 523 g/mol. The van der Waals surface area contributed by atoms with Crippen LogP contribution in [0, 0.1) is 10.4 Å². The molecule has 0 aliphatic heterocycles. The van der Waals surface area contributed by atoms with E-state index >= 15 is 0 Å². The van der Waals surface area contributed by atoms with Gasteiger partial charge in [-0.15, -0.1) is 0 Å². The van der Waals surface area contributed by atoms with Gasteiger partial charge in [0.1, 0.15) is 0 Å². The summed E-state index contributed by atoms with van der Waals surface area (Å²) in [4.78, 5) is 9.35. The Labute approximate surface area is 222 Å². The largest absolute Gasteiger partial charge is 0.595 e. The van der Waals surface area contributed by atoms with Crippen molar-refractivity contribution in [3.63, 3.8) is 0 Å². The molecule has 4 aromatic carbocycles. The van der Waals surface area contributed by atoms with E-state index in [2.05, 4.69) is 20.6 Å². The normalized spacial score (nSPS) is 13.2. The molecule has 6 aromatic rings. The quantitative estimate of drug-likeness (QED) is 0.101. The van der Waals surface area contributed by atoms with Crippen LogP contribution in [0.15, 0.2) is 84.9 Å². The Morgan fingerprint density at radius 2 is 0.974 bits per heavy atom. The summed E-state index contributed by atoms with van der Waals surface area (Å²) in [5.74, 6) is 0. The standard InChI is InChI=1S/C29H26N6O4/c36-34(37)24-14-5-12-22-26(24)28(18-8-1-3-10-20(18)32-22)30-16-7-17-31-29-19-9-2-4-11-21(19)33-23-13-6-15-25(27(23)29)35(38)39/h1-6,8-15,34-36,38H,7,16-17H2,(H,30,32)(H,31,33). The monoisotopic (exact) mass is 522 g/mol. The van der Waals surface area contributed by atoms with Crippen molar-refractivity contribution in [3.05, 3.63) is 95.3 Å². The highest BCUT2D eigenvalue weighted by Gasteiger charge is 2.18. The lowest BCUT2D eigenvalue weighted by Crippen LogP contribution is -2.99. The van der Waals surface area contributed by atoms with Crippen LogP contribution in [0.5, 0.6) is 0 Å². The van der Waals surface area contributed by atoms with Gasteiger partial charge in [0.15, 0.2) is 11.4 Å². The topological polar surface area (TPSA) is 145 Å². The molecule has 0 amide bonds. The van der Waals surface area contributed by atoms with Crippen LogP contribution in [-0.4, -0.2) is 33.5 Å². The summed E-state index contributed by atoms with van der Waals surface area (Å²) in [5.41, 5.74) is 4.66. The molecule has 0 bridgehead atoms. The van der Waals surface area contributed by atoms with Gasteiger partial charge in [0.25, 0.3) is 0 Å². The predicted molar refractivity (Wildman–Crippen MR) is 152 cm³/mol. The molecular weight excluding hydrogens is 496 g/mol. The van der Waals surface area contributed by atoms with Crippen LogP contribution >= 0.6 is 0 Å². The number of hydrogen-bond acceptors (Lipinski definition) is 8. The summed E-state index contributed by atoms with van der Waals surface area (Å²) >= 11 is 0. The maximum atomic E-state index is 12.0. The Bertz CT molecular complexity index is 1690. The SMILES string of the molecule is [O-][NH+](O)c1cccc2nc3ccccc3c(NCCCNc3c4ccccc4nc4cccc([NH+]([O-])O)c34)c12. The molecule has 0 radical (unpaired) electrons. The number of nitrogens with one attached hydrogen (secondary N) is 4. The van der Waals surface area contributed by atoms with Crippen LogP contribution < -0.4 is 21.1 Å². The molecular formula is C29H26N6O4. The smallest absolute Gasteiger partial charge is 0.175 e. The lowest BCUT2D eigenvalue weighted by molar-refractivity contribution is -0.990. The molecule has 0 saturated heterocycles. The number of nitrogens with zero attached hydrogens (tertiary/aromatic N) is 2. The van der Waals surface area contributed by atoms with E-state index in [0.717, 1.165) is 33.2 Å². The van der Waals surface area contributed by atoms with Gasteiger partial charge in [0.05, 0.1) is 44.2 Å². The number of para-hydroxylation sites is 2. The minimum Gasteiger partial charge on any atom is -0.595 e. The van der Waals surface area contributed by atoms with Crippen LogP contribution in [0.2, 0.25) is 0 Å². The molecule has 196 valence electrons. The number of anilines is 2. The molecule has 2 atom stereocenters. The number of fused-ring (bicyclic) bond motifs is 4. The summed E-state index contributed by atoms with van der Waals surface area (Å²) in [7, 11) is 0. The molecule has 2 aromatic heterocycles. The van der Waals surface area contributed by atoms with E-state index in [-0.39, 0.29) is 11.4 Å². The highest BCUT2D eigenvalue weighted by molar-refractivity contribution is 6.12. The minimum absolute atomic E-state index is 0.197. The Balaban J connectivity index is 1.30. The first kappa shape index (κ1) is 24.9. The number of aromatic nitrogens is 2. The zero-order chi connectivity index (χ0) is 26.9. The average Bonchev–Trinajstić information content (AvgIpc) is 2.95. The Morgan fingerprint density at radius 3 is 1.41 bits per heavy atom. The molecule has 10 nitrogen and oxygen atoms in total. The maximum absolute atomic E-state index is 12.0. The van der Waals surface area contributed by atoms with E-state index in [4.69, 9.17) is 0 Å². The van der Waals surface area contributed by atoms with Gasteiger partial charge in [0, 0.05) is 36.0 Å². The molecule has 10 heteroatoms. The predicted octanol–water partition coefficient (Wildman–Crippen LogP) is 3.81. The van der Waals surface area contributed by atoms with Gasteiger partial charge in [-0.1, -0.05) is 48.5 Å². The number of benzene rings is 4. The van der Waals surface area contributed by atoms with Gasteiger partial charge in [-0.3, -0.25) is 0 Å². The Morgan fingerprint density at radius 1 is 0.564 bits per heavy atom. The maximum Gasteiger partial charge on any atom is 0.175 e. The van der Waals surface area contributed by atoms with Gasteiger partial charge >= 0.3 is 0 Å². The van der Waals surface area contributed by atoms with Crippen molar-refractivity contribution in [1.82, 2.24) is 9.97 Å². The first-order chi connectivity index (χ1) is 19.0. The summed E-state index contributed by atoms with van der Waals surface area (Å²) in [6.45, 7) is 1.10. The second-order valence-corrected chi connectivity index (χ2v) is 9.22. The lowest BCUT2D eigenvalue weighted by atomic mass is 10.1. The van der Waals surface area contributed by atoms with Crippen LogP contribution in [-0.2, 0) is 0 Å². The Hall–Kier alpha value is -4.42. The number of pyridine rings is 2. The first-order valence-corrected chi connectivity index (χ1v) is 12.6. The van der Waals surface area contributed by atoms with Crippen molar-refractivity contribution in [2.45, 2.75) is 6.42 Å². The lowest BCUT2D eigenvalue weighted by Gasteiger charge is -2.19. The molecule has 0 fully saturated rings. The van der Waals surface area contributed by atoms with Crippen molar-refractivity contribution in [2.75, 3.05) is 23.7 Å².